The Balaban J connectivity index is 2.18. The van der Waals surface area contributed by atoms with E-state index in [1.54, 1.807) is 12.3 Å². The summed E-state index contributed by atoms with van der Waals surface area (Å²) in [4.78, 5) is 16.9. The van der Waals surface area contributed by atoms with Gasteiger partial charge in [0.1, 0.15) is 0 Å². The summed E-state index contributed by atoms with van der Waals surface area (Å²) in [5.41, 5.74) is 2.41. The Hall–Kier alpha value is -2.17. The highest BCUT2D eigenvalue weighted by molar-refractivity contribution is 5.95. The first-order valence-electron chi connectivity index (χ1n) is 9.13. The standard InChI is InChI=1S/C17H22N4O/c1-11-5-4-6-12(2)17(22)20-15-10-19-21(3)16(15)13-7-8-18-14(11)9-13/h7-12H,4-6H2,1-3H3,(H,20,22)/t11?,12-/m1/s1/i3D3. The van der Waals surface area contributed by atoms with Gasteiger partial charge >= 0.3 is 0 Å². The number of carbonyl (C=O) groups excluding carboxylic acids is 1. The van der Waals surface area contributed by atoms with Gasteiger partial charge in [0.25, 0.3) is 0 Å². The van der Waals surface area contributed by atoms with Crippen molar-refractivity contribution in [3.05, 3.63) is 30.2 Å². The molecule has 1 aliphatic rings. The minimum Gasteiger partial charge on any atom is -0.323 e. The average molecular weight is 301 g/mol. The van der Waals surface area contributed by atoms with Crippen molar-refractivity contribution in [2.24, 2.45) is 12.9 Å². The quantitative estimate of drug-likeness (QED) is 0.812. The molecule has 2 aromatic rings. The average Bonchev–Trinajstić information content (AvgIpc) is 2.97. The minimum atomic E-state index is -2.43. The Morgan fingerprint density at radius 2 is 2.18 bits per heavy atom. The molecule has 0 radical (unpaired) electrons. The summed E-state index contributed by atoms with van der Waals surface area (Å²) in [6.07, 6.45) is 5.72. The van der Waals surface area contributed by atoms with E-state index in [-0.39, 0.29) is 17.7 Å². The predicted octanol–water partition coefficient (Wildman–Crippen LogP) is 3.34. The fraction of sp³-hybridized carbons (Fsp3) is 0.471. The Morgan fingerprint density at radius 3 is 3.00 bits per heavy atom. The molecule has 0 saturated heterocycles. The Bertz CT molecular complexity index is 784. The lowest BCUT2D eigenvalue weighted by atomic mass is 9.94. The van der Waals surface area contributed by atoms with Crippen LogP contribution >= 0.6 is 0 Å². The minimum absolute atomic E-state index is 0.117. The number of hydrogen-bond acceptors (Lipinski definition) is 3. The molecule has 0 fully saturated rings. The molecule has 5 heteroatoms. The molecule has 3 heterocycles. The van der Waals surface area contributed by atoms with Gasteiger partial charge in [-0.1, -0.05) is 20.3 Å². The van der Waals surface area contributed by atoms with Crippen molar-refractivity contribution < 1.29 is 8.91 Å². The van der Waals surface area contributed by atoms with Crippen LogP contribution in [-0.4, -0.2) is 20.7 Å². The SMILES string of the molecule is [2H]C([2H])([2H])n1ncc2c1-c1ccnc(c1)C(C)CCC[C@@H](C)C(=O)N2. The highest BCUT2D eigenvalue weighted by atomic mass is 16.1. The maximum atomic E-state index is 12.5. The van der Waals surface area contributed by atoms with Crippen LogP contribution in [0.1, 0.15) is 48.8 Å². The number of anilines is 1. The van der Waals surface area contributed by atoms with E-state index in [0.29, 0.717) is 16.9 Å². The van der Waals surface area contributed by atoms with Crippen molar-refractivity contribution in [1.82, 2.24) is 14.8 Å². The van der Waals surface area contributed by atoms with Crippen LogP contribution < -0.4 is 5.32 Å². The van der Waals surface area contributed by atoms with Crippen molar-refractivity contribution in [2.45, 2.75) is 39.0 Å². The third-order valence-electron chi connectivity index (χ3n) is 4.31. The maximum Gasteiger partial charge on any atom is 0.227 e. The van der Waals surface area contributed by atoms with E-state index in [0.717, 1.165) is 29.6 Å². The molecule has 2 bridgehead atoms. The van der Waals surface area contributed by atoms with Gasteiger partial charge in [0.2, 0.25) is 5.91 Å². The Morgan fingerprint density at radius 1 is 1.36 bits per heavy atom. The molecule has 1 unspecified atom stereocenters. The topological polar surface area (TPSA) is 59.8 Å². The Kier molecular flexibility index (Phi) is 3.06. The van der Waals surface area contributed by atoms with E-state index in [2.05, 4.69) is 22.3 Å². The highest BCUT2D eigenvalue weighted by Crippen LogP contribution is 2.31. The first kappa shape index (κ1) is 11.4. The van der Waals surface area contributed by atoms with Crippen molar-refractivity contribution in [2.75, 3.05) is 5.32 Å². The van der Waals surface area contributed by atoms with E-state index in [4.69, 9.17) is 4.11 Å². The number of nitrogens with zero attached hydrogens (tertiary/aromatic N) is 3. The van der Waals surface area contributed by atoms with Gasteiger partial charge in [0, 0.05) is 34.5 Å². The zero-order chi connectivity index (χ0) is 18.2. The van der Waals surface area contributed by atoms with Crippen molar-refractivity contribution >= 4 is 11.6 Å². The highest BCUT2D eigenvalue weighted by Gasteiger charge is 2.20. The second kappa shape index (κ2) is 5.91. The summed E-state index contributed by atoms with van der Waals surface area (Å²) < 4.78 is 24.2. The number of rotatable bonds is 0. The number of nitrogens with one attached hydrogen (secondary N) is 1. The van der Waals surface area contributed by atoms with Crippen molar-refractivity contribution in [3.63, 3.8) is 0 Å². The fourth-order valence-corrected chi connectivity index (χ4v) is 2.85. The molecule has 1 N–H and O–H groups in total. The lowest BCUT2D eigenvalue weighted by Crippen LogP contribution is -2.21. The smallest absolute Gasteiger partial charge is 0.227 e. The van der Waals surface area contributed by atoms with Gasteiger partial charge in [-0.05, 0) is 30.9 Å². The van der Waals surface area contributed by atoms with Gasteiger partial charge < -0.3 is 5.32 Å². The van der Waals surface area contributed by atoms with Crippen LogP contribution in [0.15, 0.2) is 24.5 Å². The molecular formula is C17H22N4O. The number of pyridine rings is 1. The summed E-state index contributed by atoms with van der Waals surface area (Å²) in [5.74, 6) is -0.0297. The van der Waals surface area contributed by atoms with E-state index in [1.807, 2.05) is 13.0 Å². The lowest BCUT2D eigenvalue weighted by Gasteiger charge is -2.17. The molecule has 3 rings (SSSR count). The second-order valence-electron chi connectivity index (χ2n) is 6.01. The zero-order valence-corrected chi connectivity index (χ0v) is 12.8. The molecule has 2 atom stereocenters. The molecule has 0 saturated carbocycles. The summed E-state index contributed by atoms with van der Waals surface area (Å²) in [7, 11) is 0. The third-order valence-corrected chi connectivity index (χ3v) is 4.31. The number of fused-ring (bicyclic) bond motifs is 4. The number of amides is 1. The zero-order valence-electron chi connectivity index (χ0n) is 15.8. The van der Waals surface area contributed by atoms with Gasteiger partial charge in [0.15, 0.2) is 0 Å². The summed E-state index contributed by atoms with van der Waals surface area (Å²) in [6, 6.07) is 3.64. The van der Waals surface area contributed by atoms with Crippen molar-refractivity contribution in [3.8, 4) is 11.3 Å². The number of aryl methyl sites for hydroxylation is 1. The second-order valence-corrected chi connectivity index (χ2v) is 6.01. The molecule has 5 nitrogen and oxygen atoms in total. The largest absolute Gasteiger partial charge is 0.323 e. The van der Waals surface area contributed by atoms with E-state index >= 15 is 0 Å². The molecule has 22 heavy (non-hydrogen) atoms. The number of hydrogen-bond donors (Lipinski definition) is 1. The van der Waals surface area contributed by atoms with Crippen molar-refractivity contribution in [1.29, 1.82) is 0 Å². The summed E-state index contributed by atoms with van der Waals surface area (Å²) in [5, 5.41) is 6.86. The Labute approximate surface area is 135 Å². The molecule has 0 aromatic carbocycles. The summed E-state index contributed by atoms with van der Waals surface area (Å²) >= 11 is 0. The predicted molar refractivity (Wildman–Crippen MR) is 86.5 cm³/mol. The first-order chi connectivity index (χ1) is 11.8. The van der Waals surface area contributed by atoms with Gasteiger partial charge in [0.05, 0.1) is 17.6 Å². The van der Waals surface area contributed by atoms with Crippen LogP contribution in [0.3, 0.4) is 0 Å². The number of carbonyl (C=O) groups is 1. The molecule has 1 amide bonds. The van der Waals surface area contributed by atoms with Crippen LogP contribution in [0.5, 0.6) is 0 Å². The molecule has 0 spiro atoms. The van der Waals surface area contributed by atoms with E-state index < -0.39 is 6.98 Å². The van der Waals surface area contributed by atoms with Crippen LogP contribution in [0.2, 0.25) is 0 Å². The molecule has 2 aromatic heterocycles. The molecular weight excluding hydrogens is 276 g/mol. The molecule has 1 aliphatic heterocycles. The molecule has 0 aliphatic carbocycles. The van der Waals surface area contributed by atoms with E-state index in [1.165, 1.54) is 6.20 Å². The monoisotopic (exact) mass is 301 g/mol. The van der Waals surface area contributed by atoms with Crippen LogP contribution in [0.25, 0.3) is 11.3 Å². The summed E-state index contributed by atoms with van der Waals surface area (Å²) in [6.45, 7) is 1.55. The normalized spacial score (nSPS) is 24.8. The molecule has 116 valence electrons. The first-order valence-corrected chi connectivity index (χ1v) is 7.63. The third kappa shape index (κ3) is 2.75. The number of aromatic nitrogens is 3. The van der Waals surface area contributed by atoms with Crippen LogP contribution in [0, 0.1) is 5.92 Å². The van der Waals surface area contributed by atoms with Gasteiger partial charge in [-0.2, -0.15) is 5.10 Å². The van der Waals surface area contributed by atoms with Crippen LogP contribution in [-0.2, 0) is 11.8 Å². The maximum absolute atomic E-state index is 12.5. The van der Waals surface area contributed by atoms with Crippen LogP contribution in [0.4, 0.5) is 5.69 Å². The van der Waals surface area contributed by atoms with Gasteiger partial charge in [-0.3, -0.25) is 14.5 Å². The van der Waals surface area contributed by atoms with Gasteiger partial charge in [-0.25, -0.2) is 0 Å². The van der Waals surface area contributed by atoms with E-state index in [9.17, 15) is 4.79 Å². The van der Waals surface area contributed by atoms with Gasteiger partial charge in [-0.15, -0.1) is 0 Å². The lowest BCUT2D eigenvalue weighted by molar-refractivity contribution is -0.119. The fourth-order valence-electron chi connectivity index (χ4n) is 2.85.